The summed E-state index contributed by atoms with van der Waals surface area (Å²) in [4.78, 5) is 35.5. The minimum Gasteiger partial charge on any atom is -0.478 e. The number of carboxylic acids is 1. The molecule has 2 amide bonds. The number of fused-ring (bicyclic) bond motifs is 1. The van der Waals surface area contributed by atoms with Crippen LogP contribution in [-0.2, 0) is 9.59 Å². The topological polar surface area (TPSA) is 74.7 Å². The van der Waals surface area contributed by atoms with Crippen molar-refractivity contribution in [3.63, 3.8) is 0 Å². The highest BCUT2D eigenvalue weighted by Gasteiger charge is 2.59. The fourth-order valence-electron chi connectivity index (χ4n) is 2.24. The molecule has 1 saturated carbocycles. The summed E-state index contributed by atoms with van der Waals surface area (Å²) in [5.41, 5.74) is 0.289. The van der Waals surface area contributed by atoms with Crippen molar-refractivity contribution < 1.29 is 19.5 Å². The van der Waals surface area contributed by atoms with Gasteiger partial charge >= 0.3 is 5.97 Å². The standard InChI is InChI=1S/C12H8ClNO4/c13-8-3-5(12(17)18)1-2-9(8)14-10(15)6-4-7(6)11(14)16/h1-3,6-7H,4H2,(H,17,18). The minimum atomic E-state index is -1.11. The van der Waals surface area contributed by atoms with Crippen LogP contribution in [0.25, 0.3) is 0 Å². The normalized spacial score (nSPS) is 25.3. The molecule has 92 valence electrons. The first-order chi connectivity index (χ1) is 8.50. The van der Waals surface area contributed by atoms with Gasteiger partial charge in [0.05, 0.1) is 28.1 Å². The molecule has 1 aromatic rings. The molecular weight excluding hydrogens is 258 g/mol. The molecule has 2 unspecified atom stereocenters. The first-order valence-electron chi connectivity index (χ1n) is 5.41. The molecule has 2 fully saturated rings. The van der Waals surface area contributed by atoms with Crippen LogP contribution in [0, 0.1) is 11.8 Å². The van der Waals surface area contributed by atoms with E-state index in [2.05, 4.69) is 0 Å². The van der Waals surface area contributed by atoms with E-state index in [1.165, 1.54) is 18.2 Å². The van der Waals surface area contributed by atoms with Crippen molar-refractivity contribution in [2.24, 2.45) is 11.8 Å². The van der Waals surface area contributed by atoms with Gasteiger partial charge in [-0.1, -0.05) is 11.6 Å². The first-order valence-corrected chi connectivity index (χ1v) is 5.79. The van der Waals surface area contributed by atoms with Crippen LogP contribution in [0.5, 0.6) is 0 Å². The van der Waals surface area contributed by atoms with Crippen LogP contribution in [0.2, 0.25) is 5.02 Å². The third-order valence-corrected chi connectivity index (χ3v) is 3.60. The number of benzene rings is 1. The molecule has 1 N–H and O–H groups in total. The molecule has 1 heterocycles. The largest absolute Gasteiger partial charge is 0.478 e. The SMILES string of the molecule is O=C(O)c1ccc(N2C(=O)C3CC3C2=O)c(Cl)c1. The van der Waals surface area contributed by atoms with Gasteiger partial charge in [0.25, 0.3) is 0 Å². The van der Waals surface area contributed by atoms with Crippen molar-refractivity contribution in [1.82, 2.24) is 0 Å². The maximum atomic E-state index is 11.9. The maximum Gasteiger partial charge on any atom is 0.335 e. The average molecular weight is 266 g/mol. The quantitative estimate of drug-likeness (QED) is 0.823. The number of piperidine rings is 1. The zero-order valence-electron chi connectivity index (χ0n) is 9.09. The second-order valence-electron chi connectivity index (χ2n) is 4.43. The van der Waals surface area contributed by atoms with Gasteiger partial charge in [0.1, 0.15) is 0 Å². The summed E-state index contributed by atoms with van der Waals surface area (Å²) in [7, 11) is 0. The van der Waals surface area contributed by atoms with Gasteiger partial charge in [-0.05, 0) is 24.6 Å². The van der Waals surface area contributed by atoms with E-state index >= 15 is 0 Å². The van der Waals surface area contributed by atoms with Gasteiger partial charge in [-0.2, -0.15) is 0 Å². The Kier molecular flexibility index (Phi) is 2.22. The Morgan fingerprint density at radius 1 is 1.28 bits per heavy atom. The molecule has 1 saturated heterocycles. The zero-order valence-corrected chi connectivity index (χ0v) is 9.85. The molecule has 0 radical (unpaired) electrons. The van der Waals surface area contributed by atoms with Gasteiger partial charge in [-0.25, -0.2) is 9.69 Å². The lowest BCUT2D eigenvalue weighted by Gasteiger charge is -2.17. The summed E-state index contributed by atoms with van der Waals surface area (Å²) < 4.78 is 0. The van der Waals surface area contributed by atoms with Gasteiger partial charge in [-0.3, -0.25) is 9.59 Å². The van der Waals surface area contributed by atoms with Gasteiger partial charge in [0.15, 0.2) is 0 Å². The summed E-state index contributed by atoms with van der Waals surface area (Å²) in [5.74, 6) is -1.99. The van der Waals surface area contributed by atoms with Gasteiger partial charge in [0, 0.05) is 0 Å². The third kappa shape index (κ3) is 1.44. The molecular formula is C12H8ClNO4. The van der Waals surface area contributed by atoms with E-state index in [0.717, 1.165) is 4.90 Å². The number of hydrogen-bond acceptors (Lipinski definition) is 3. The molecule has 0 spiro atoms. The van der Waals surface area contributed by atoms with E-state index in [1.807, 2.05) is 0 Å². The van der Waals surface area contributed by atoms with Crippen LogP contribution in [0.4, 0.5) is 5.69 Å². The predicted molar refractivity (Wildman–Crippen MR) is 62.5 cm³/mol. The Morgan fingerprint density at radius 2 is 1.89 bits per heavy atom. The van der Waals surface area contributed by atoms with E-state index in [9.17, 15) is 14.4 Å². The van der Waals surface area contributed by atoms with Crippen molar-refractivity contribution in [3.05, 3.63) is 28.8 Å². The number of halogens is 1. The molecule has 2 aliphatic rings. The number of amides is 2. The van der Waals surface area contributed by atoms with Crippen LogP contribution in [-0.4, -0.2) is 22.9 Å². The Labute approximate surface area is 107 Å². The van der Waals surface area contributed by atoms with Crippen molar-refractivity contribution in [2.75, 3.05) is 4.90 Å². The Balaban J connectivity index is 2.00. The highest BCUT2D eigenvalue weighted by atomic mass is 35.5. The van der Waals surface area contributed by atoms with Crippen molar-refractivity contribution in [2.45, 2.75) is 6.42 Å². The number of carbonyl (C=O) groups is 3. The number of imide groups is 1. The molecule has 5 nitrogen and oxygen atoms in total. The number of carbonyl (C=O) groups excluding carboxylic acids is 2. The lowest BCUT2D eigenvalue weighted by atomic mass is 10.2. The number of aromatic carboxylic acids is 1. The van der Waals surface area contributed by atoms with Crippen LogP contribution in [0.1, 0.15) is 16.8 Å². The van der Waals surface area contributed by atoms with E-state index in [-0.39, 0.29) is 39.9 Å². The van der Waals surface area contributed by atoms with Crippen molar-refractivity contribution in [1.29, 1.82) is 0 Å². The number of anilines is 1. The highest BCUT2D eigenvalue weighted by Crippen LogP contribution is 2.49. The fourth-order valence-corrected chi connectivity index (χ4v) is 2.50. The third-order valence-electron chi connectivity index (χ3n) is 3.30. The molecule has 6 heteroatoms. The van der Waals surface area contributed by atoms with E-state index in [0.29, 0.717) is 6.42 Å². The second-order valence-corrected chi connectivity index (χ2v) is 4.84. The molecule has 2 atom stereocenters. The monoisotopic (exact) mass is 265 g/mol. The van der Waals surface area contributed by atoms with Crippen LogP contribution >= 0.6 is 11.6 Å². The summed E-state index contributed by atoms with van der Waals surface area (Å²) in [6.45, 7) is 0. The van der Waals surface area contributed by atoms with Gasteiger partial charge < -0.3 is 5.11 Å². The lowest BCUT2D eigenvalue weighted by molar-refractivity contribution is -0.123. The number of nitrogens with zero attached hydrogens (tertiary/aromatic N) is 1. The summed E-state index contributed by atoms with van der Waals surface area (Å²) >= 11 is 5.94. The zero-order chi connectivity index (χ0) is 13.0. The Bertz CT molecular complexity index is 578. The molecule has 3 rings (SSSR count). The van der Waals surface area contributed by atoms with Crippen LogP contribution < -0.4 is 4.90 Å². The number of carboxylic acid groups (broad SMARTS) is 1. The second kappa shape index (κ2) is 3.55. The lowest BCUT2D eigenvalue weighted by Crippen LogP contribution is -2.33. The predicted octanol–water partition coefficient (Wildman–Crippen LogP) is 1.55. The average Bonchev–Trinajstić information content (AvgIpc) is 3.06. The fraction of sp³-hybridized carbons (Fsp3) is 0.250. The van der Waals surface area contributed by atoms with E-state index < -0.39 is 5.97 Å². The molecule has 18 heavy (non-hydrogen) atoms. The molecule has 0 aromatic heterocycles. The summed E-state index contributed by atoms with van der Waals surface area (Å²) in [6, 6.07) is 3.96. The molecule has 1 aromatic carbocycles. The van der Waals surface area contributed by atoms with Gasteiger partial charge in [-0.15, -0.1) is 0 Å². The molecule has 0 bridgehead atoms. The highest BCUT2D eigenvalue weighted by molar-refractivity contribution is 6.36. The summed E-state index contributed by atoms with van der Waals surface area (Å²) in [6.07, 6.45) is 0.624. The van der Waals surface area contributed by atoms with E-state index in [4.69, 9.17) is 16.7 Å². The van der Waals surface area contributed by atoms with E-state index in [1.54, 1.807) is 0 Å². The minimum absolute atomic E-state index is 0.0213. The first kappa shape index (κ1) is 11.2. The molecule has 1 aliphatic carbocycles. The molecule has 1 aliphatic heterocycles. The van der Waals surface area contributed by atoms with Crippen molar-refractivity contribution in [3.8, 4) is 0 Å². The van der Waals surface area contributed by atoms with Crippen LogP contribution in [0.15, 0.2) is 18.2 Å². The Morgan fingerprint density at radius 3 is 2.39 bits per heavy atom. The Hall–Kier alpha value is -1.88. The number of rotatable bonds is 2. The van der Waals surface area contributed by atoms with Crippen LogP contribution in [0.3, 0.4) is 0 Å². The summed E-state index contributed by atoms with van der Waals surface area (Å²) in [5, 5.41) is 8.91. The van der Waals surface area contributed by atoms with Crippen molar-refractivity contribution >= 4 is 35.1 Å². The number of hydrogen-bond donors (Lipinski definition) is 1. The smallest absolute Gasteiger partial charge is 0.335 e. The maximum absolute atomic E-state index is 11.9. The van der Waals surface area contributed by atoms with Gasteiger partial charge in [0.2, 0.25) is 11.8 Å².